The predicted molar refractivity (Wildman–Crippen MR) is 69.0 cm³/mol. The maximum atomic E-state index is 13.3. The summed E-state index contributed by atoms with van der Waals surface area (Å²) in [5.74, 6) is -1.24. The number of nitrogens with one attached hydrogen (secondary N) is 2. The first-order valence-corrected chi connectivity index (χ1v) is 6.25. The summed E-state index contributed by atoms with van der Waals surface area (Å²) in [5.41, 5.74) is -0.148. The van der Waals surface area contributed by atoms with Crippen LogP contribution in [0.4, 0.5) is 19.3 Å². The number of likely N-dealkylation sites (tertiary alicyclic amines) is 1. The average Bonchev–Trinajstić information content (AvgIpc) is 2.37. The molecule has 0 aromatic heterocycles. The summed E-state index contributed by atoms with van der Waals surface area (Å²) in [6.45, 7) is 1.83. The molecule has 0 atom stereocenters. The van der Waals surface area contributed by atoms with Crippen molar-refractivity contribution in [1.29, 1.82) is 0 Å². The molecule has 1 fully saturated rings. The molecule has 2 N–H and O–H groups in total. The molecular weight excluding hydrogens is 252 g/mol. The monoisotopic (exact) mass is 269 g/mol. The van der Waals surface area contributed by atoms with Gasteiger partial charge in [0.05, 0.1) is 5.69 Å². The van der Waals surface area contributed by atoms with Gasteiger partial charge in [-0.05, 0) is 45.1 Å². The number of anilines is 1. The number of halogens is 2. The number of carbonyl (C=O) groups is 1. The van der Waals surface area contributed by atoms with Crippen molar-refractivity contribution in [3.05, 3.63) is 29.8 Å². The summed E-state index contributed by atoms with van der Waals surface area (Å²) in [6.07, 6.45) is 1.71. The Morgan fingerprint density at radius 3 is 2.68 bits per heavy atom. The molecule has 19 heavy (non-hydrogen) atoms. The standard InChI is InChI=1S/C13H17F2N3O/c1-18-6-4-10(5-7-18)16-13(19)17-12-8-9(14)2-3-11(12)15/h2-3,8,10H,4-7H2,1H3,(H2,16,17,19). The molecule has 1 aromatic carbocycles. The summed E-state index contributed by atoms with van der Waals surface area (Å²) in [6, 6.07) is 2.53. The van der Waals surface area contributed by atoms with Crippen LogP contribution in [0.3, 0.4) is 0 Å². The second-order valence-corrected chi connectivity index (χ2v) is 4.80. The van der Waals surface area contributed by atoms with Crippen LogP contribution in [0.15, 0.2) is 18.2 Å². The van der Waals surface area contributed by atoms with E-state index in [0.29, 0.717) is 0 Å². The minimum absolute atomic E-state index is 0.0767. The second kappa shape index (κ2) is 5.97. The van der Waals surface area contributed by atoms with Gasteiger partial charge in [0, 0.05) is 12.1 Å². The molecule has 0 saturated carbocycles. The third-order valence-corrected chi connectivity index (χ3v) is 3.23. The van der Waals surface area contributed by atoms with Crippen molar-refractivity contribution in [1.82, 2.24) is 10.2 Å². The number of benzene rings is 1. The van der Waals surface area contributed by atoms with Gasteiger partial charge in [0.25, 0.3) is 0 Å². The molecule has 2 rings (SSSR count). The van der Waals surface area contributed by atoms with E-state index in [2.05, 4.69) is 15.5 Å². The molecule has 0 bridgehead atoms. The lowest BCUT2D eigenvalue weighted by Gasteiger charge is -2.29. The predicted octanol–water partition coefficient (Wildman–Crippen LogP) is 2.18. The molecule has 1 heterocycles. The van der Waals surface area contributed by atoms with Crippen molar-refractivity contribution in [2.45, 2.75) is 18.9 Å². The summed E-state index contributed by atoms with van der Waals surface area (Å²) < 4.78 is 26.3. The van der Waals surface area contributed by atoms with Crippen LogP contribution < -0.4 is 10.6 Å². The molecular formula is C13H17F2N3O. The van der Waals surface area contributed by atoms with Crippen LogP contribution in [-0.2, 0) is 0 Å². The normalized spacial score (nSPS) is 17.2. The molecule has 1 aliphatic rings. The van der Waals surface area contributed by atoms with Gasteiger partial charge in [-0.15, -0.1) is 0 Å². The summed E-state index contributed by atoms with van der Waals surface area (Å²) in [7, 11) is 2.03. The maximum Gasteiger partial charge on any atom is 0.319 e. The topological polar surface area (TPSA) is 44.4 Å². The smallest absolute Gasteiger partial charge is 0.319 e. The highest BCUT2D eigenvalue weighted by atomic mass is 19.1. The summed E-state index contributed by atoms with van der Waals surface area (Å²) >= 11 is 0. The van der Waals surface area contributed by atoms with E-state index in [9.17, 15) is 13.6 Å². The van der Waals surface area contributed by atoms with Crippen molar-refractivity contribution in [2.75, 3.05) is 25.5 Å². The molecule has 0 unspecified atom stereocenters. The highest BCUT2D eigenvalue weighted by molar-refractivity contribution is 5.89. The third kappa shape index (κ3) is 3.89. The second-order valence-electron chi connectivity index (χ2n) is 4.80. The minimum Gasteiger partial charge on any atom is -0.335 e. The van der Waals surface area contributed by atoms with Gasteiger partial charge in [-0.2, -0.15) is 0 Å². The first-order valence-electron chi connectivity index (χ1n) is 6.25. The van der Waals surface area contributed by atoms with Crippen LogP contribution in [0.5, 0.6) is 0 Å². The van der Waals surface area contributed by atoms with Crippen LogP contribution >= 0.6 is 0 Å². The van der Waals surface area contributed by atoms with E-state index in [0.717, 1.165) is 44.1 Å². The zero-order valence-electron chi connectivity index (χ0n) is 10.7. The molecule has 0 radical (unpaired) electrons. The fourth-order valence-corrected chi connectivity index (χ4v) is 2.09. The molecule has 1 saturated heterocycles. The lowest BCUT2D eigenvalue weighted by atomic mass is 10.1. The van der Waals surface area contributed by atoms with Gasteiger partial charge in [-0.3, -0.25) is 0 Å². The number of hydrogen-bond acceptors (Lipinski definition) is 2. The Morgan fingerprint density at radius 1 is 1.32 bits per heavy atom. The maximum absolute atomic E-state index is 13.3. The highest BCUT2D eigenvalue weighted by Gasteiger charge is 2.18. The Labute approximate surface area is 110 Å². The van der Waals surface area contributed by atoms with Gasteiger partial charge < -0.3 is 15.5 Å². The van der Waals surface area contributed by atoms with E-state index in [1.54, 1.807) is 0 Å². The minimum atomic E-state index is -0.653. The summed E-state index contributed by atoms with van der Waals surface area (Å²) in [5, 5.41) is 5.10. The SMILES string of the molecule is CN1CCC(NC(=O)Nc2cc(F)ccc2F)CC1. The Balaban J connectivity index is 1.89. The molecule has 2 amide bonds. The van der Waals surface area contributed by atoms with Gasteiger partial charge in [-0.1, -0.05) is 0 Å². The summed E-state index contributed by atoms with van der Waals surface area (Å²) in [4.78, 5) is 13.9. The van der Waals surface area contributed by atoms with Gasteiger partial charge >= 0.3 is 6.03 Å². The molecule has 104 valence electrons. The number of rotatable bonds is 2. The van der Waals surface area contributed by atoms with E-state index in [1.807, 2.05) is 7.05 Å². The number of hydrogen-bond donors (Lipinski definition) is 2. The Morgan fingerprint density at radius 2 is 2.00 bits per heavy atom. The lowest BCUT2D eigenvalue weighted by Crippen LogP contribution is -2.44. The third-order valence-electron chi connectivity index (χ3n) is 3.23. The molecule has 4 nitrogen and oxygen atoms in total. The molecule has 1 aliphatic heterocycles. The Bertz CT molecular complexity index is 459. The Kier molecular flexibility index (Phi) is 4.31. The van der Waals surface area contributed by atoms with E-state index >= 15 is 0 Å². The first-order chi connectivity index (χ1) is 9.04. The quantitative estimate of drug-likeness (QED) is 0.864. The van der Waals surface area contributed by atoms with E-state index in [4.69, 9.17) is 0 Å². The van der Waals surface area contributed by atoms with Crippen molar-refractivity contribution >= 4 is 11.7 Å². The van der Waals surface area contributed by atoms with Crippen LogP contribution in [0.25, 0.3) is 0 Å². The fraction of sp³-hybridized carbons (Fsp3) is 0.462. The molecule has 0 aliphatic carbocycles. The van der Waals surface area contributed by atoms with Crippen molar-refractivity contribution < 1.29 is 13.6 Å². The number of urea groups is 1. The molecule has 1 aromatic rings. The van der Waals surface area contributed by atoms with Gasteiger partial charge in [-0.25, -0.2) is 13.6 Å². The van der Waals surface area contributed by atoms with E-state index in [1.165, 1.54) is 0 Å². The van der Waals surface area contributed by atoms with Gasteiger partial charge in [0.2, 0.25) is 0 Å². The first kappa shape index (κ1) is 13.7. The number of carbonyl (C=O) groups excluding carboxylic acids is 1. The van der Waals surface area contributed by atoms with Crippen LogP contribution in [0, 0.1) is 11.6 Å². The fourth-order valence-electron chi connectivity index (χ4n) is 2.09. The number of piperidine rings is 1. The van der Waals surface area contributed by atoms with Crippen LogP contribution in [0.2, 0.25) is 0 Å². The van der Waals surface area contributed by atoms with E-state index < -0.39 is 17.7 Å². The molecule has 6 heteroatoms. The molecule has 0 spiro atoms. The van der Waals surface area contributed by atoms with Gasteiger partial charge in [0.15, 0.2) is 0 Å². The van der Waals surface area contributed by atoms with Gasteiger partial charge in [0.1, 0.15) is 11.6 Å². The van der Waals surface area contributed by atoms with E-state index in [-0.39, 0.29) is 11.7 Å². The number of nitrogens with zero attached hydrogens (tertiary/aromatic N) is 1. The van der Waals surface area contributed by atoms with Crippen LogP contribution in [0.1, 0.15) is 12.8 Å². The zero-order valence-corrected chi connectivity index (χ0v) is 10.7. The number of amides is 2. The van der Waals surface area contributed by atoms with Crippen LogP contribution in [-0.4, -0.2) is 37.1 Å². The van der Waals surface area contributed by atoms with Crippen molar-refractivity contribution in [2.24, 2.45) is 0 Å². The lowest BCUT2D eigenvalue weighted by molar-refractivity contribution is 0.221. The Hall–Kier alpha value is -1.69. The largest absolute Gasteiger partial charge is 0.335 e. The van der Waals surface area contributed by atoms with Crippen molar-refractivity contribution in [3.63, 3.8) is 0 Å². The zero-order chi connectivity index (χ0) is 13.8. The highest BCUT2D eigenvalue weighted by Crippen LogP contribution is 2.15. The van der Waals surface area contributed by atoms with Crippen molar-refractivity contribution in [3.8, 4) is 0 Å². The average molecular weight is 269 g/mol.